The van der Waals surface area contributed by atoms with Gasteiger partial charge in [-0.3, -0.25) is 4.79 Å². The van der Waals surface area contributed by atoms with Gasteiger partial charge in [0.2, 0.25) is 5.91 Å². The Kier molecular flexibility index (Phi) is 3.35. The molecule has 0 heterocycles. The molecule has 14 heavy (non-hydrogen) atoms. The summed E-state index contributed by atoms with van der Waals surface area (Å²) in [6.45, 7) is 1.43. The van der Waals surface area contributed by atoms with Gasteiger partial charge in [-0.15, -0.1) is 0 Å². The molecule has 0 spiro atoms. The lowest BCUT2D eigenvalue weighted by molar-refractivity contribution is -0.114. The quantitative estimate of drug-likeness (QED) is 0.798. The molecule has 1 aromatic rings. The van der Waals surface area contributed by atoms with Crippen molar-refractivity contribution in [2.75, 3.05) is 18.2 Å². The molecule has 5 heteroatoms. The van der Waals surface area contributed by atoms with Crippen molar-refractivity contribution in [1.29, 1.82) is 0 Å². The van der Waals surface area contributed by atoms with Crippen LogP contribution < -0.4 is 15.8 Å². The molecule has 76 valence electrons. The van der Waals surface area contributed by atoms with E-state index < -0.39 is 0 Å². The fourth-order valence-electron chi connectivity index (χ4n) is 1.06. The first-order valence-electron chi connectivity index (χ1n) is 3.95. The van der Waals surface area contributed by atoms with Crippen LogP contribution in [0.2, 0.25) is 0 Å². The highest BCUT2D eigenvalue weighted by atomic mass is 79.9. The number of rotatable bonds is 2. The van der Waals surface area contributed by atoms with E-state index in [2.05, 4.69) is 21.2 Å². The maximum atomic E-state index is 10.9. The summed E-state index contributed by atoms with van der Waals surface area (Å²) in [6, 6.07) is 3.35. The Bertz CT molecular complexity index is 366. The zero-order valence-electron chi connectivity index (χ0n) is 7.93. The molecule has 0 atom stereocenters. The molecule has 0 saturated carbocycles. The minimum atomic E-state index is -0.159. The second kappa shape index (κ2) is 4.32. The second-order valence-electron chi connectivity index (χ2n) is 2.76. The molecule has 0 unspecified atom stereocenters. The predicted octanol–water partition coefficient (Wildman–Crippen LogP) is 2.00. The summed E-state index contributed by atoms with van der Waals surface area (Å²) in [5, 5.41) is 2.65. The average molecular weight is 259 g/mol. The van der Waals surface area contributed by atoms with E-state index in [0.717, 1.165) is 0 Å². The molecule has 1 rings (SSSR count). The Balaban J connectivity index is 3.18. The van der Waals surface area contributed by atoms with Crippen molar-refractivity contribution in [1.82, 2.24) is 0 Å². The van der Waals surface area contributed by atoms with Gasteiger partial charge in [-0.1, -0.05) is 0 Å². The Morgan fingerprint density at radius 3 is 2.71 bits per heavy atom. The maximum Gasteiger partial charge on any atom is 0.221 e. The molecule has 0 aromatic heterocycles. The summed E-state index contributed by atoms with van der Waals surface area (Å²) < 4.78 is 5.78. The SMILES string of the molecule is COc1cc(N)cc(Br)c1NC(C)=O. The minimum absolute atomic E-state index is 0.159. The normalized spacial score (nSPS) is 9.64. The van der Waals surface area contributed by atoms with Crippen LogP contribution >= 0.6 is 15.9 Å². The van der Waals surface area contributed by atoms with Crippen LogP contribution in [0.5, 0.6) is 5.75 Å². The van der Waals surface area contributed by atoms with Crippen LogP contribution in [-0.4, -0.2) is 13.0 Å². The molecule has 3 N–H and O–H groups in total. The van der Waals surface area contributed by atoms with Crippen LogP contribution in [0.25, 0.3) is 0 Å². The second-order valence-corrected chi connectivity index (χ2v) is 3.62. The molecule has 0 bridgehead atoms. The van der Waals surface area contributed by atoms with Gasteiger partial charge in [0, 0.05) is 23.2 Å². The van der Waals surface area contributed by atoms with Crippen molar-refractivity contribution in [3.63, 3.8) is 0 Å². The van der Waals surface area contributed by atoms with E-state index in [4.69, 9.17) is 10.5 Å². The minimum Gasteiger partial charge on any atom is -0.494 e. The topological polar surface area (TPSA) is 64.3 Å². The van der Waals surface area contributed by atoms with Gasteiger partial charge in [0.15, 0.2) is 0 Å². The average Bonchev–Trinajstić information content (AvgIpc) is 2.08. The van der Waals surface area contributed by atoms with Crippen molar-refractivity contribution in [2.24, 2.45) is 0 Å². The first-order chi connectivity index (χ1) is 6.54. The molecule has 1 amide bonds. The number of ether oxygens (including phenoxy) is 1. The number of methoxy groups -OCH3 is 1. The summed E-state index contributed by atoms with van der Waals surface area (Å²) in [6.07, 6.45) is 0. The van der Waals surface area contributed by atoms with Gasteiger partial charge in [-0.2, -0.15) is 0 Å². The van der Waals surface area contributed by atoms with Crippen LogP contribution in [0, 0.1) is 0 Å². The van der Waals surface area contributed by atoms with Crippen LogP contribution in [-0.2, 0) is 4.79 Å². The van der Waals surface area contributed by atoms with E-state index in [0.29, 0.717) is 21.6 Å². The summed E-state index contributed by atoms with van der Waals surface area (Å²) in [5.41, 5.74) is 6.78. The highest BCUT2D eigenvalue weighted by molar-refractivity contribution is 9.10. The third-order valence-corrected chi connectivity index (χ3v) is 2.22. The molecule has 0 aliphatic rings. The third-order valence-electron chi connectivity index (χ3n) is 1.60. The highest BCUT2D eigenvalue weighted by Crippen LogP contribution is 2.34. The molecule has 0 fully saturated rings. The van der Waals surface area contributed by atoms with Crippen LogP contribution in [0.4, 0.5) is 11.4 Å². The van der Waals surface area contributed by atoms with Gasteiger partial charge in [0.05, 0.1) is 12.8 Å². The largest absolute Gasteiger partial charge is 0.494 e. The van der Waals surface area contributed by atoms with E-state index >= 15 is 0 Å². The van der Waals surface area contributed by atoms with Gasteiger partial charge in [-0.05, 0) is 22.0 Å². The maximum absolute atomic E-state index is 10.9. The summed E-state index contributed by atoms with van der Waals surface area (Å²) >= 11 is 3.29. The molecule has 0 aliphatic carbocycles. The number of amides is 1. The number of carbonyl (C=O) groups is 1. The zero-order chi connectivity index (χ0) is 10.7. The van der Waals surface area contributed by atoms with Crippen molar-refractivity contribution in [2.45, 2.75) is 6.92 Å². The molecule has 0 aliphatic heterocycles. The standard InChI is InChI=1S/C9H11BrN2O2/c1-5(13)12-9-7(10)3-6(11)4-8(9)14-2/h3-4H,11H2,1-2H3,(H,12,13). The first-order valence-corrected chi connectivity index (χ1v) is 4.74. The zero-order valence-corrected chi connectivity index (χ0v) is 9.51. The molecule has 4 nitrogen and oxygen atoms in total. The molecular weight excluding hydrogens is 248 g/mol. The number of benzene rings is 1. The fourth-order valence-corrected chi connectivity index (χ4v) is 1.62. The number of anilines is 2. The van der Waals surface area contributed by atoms with Gasteiger partial charge >= 0.3 is 0 Å². The fraction of sp³-hybridized carbons (Fsp3) is 0.222. The lowest BCUT2D eigenvalue weighted by Crippen LogP contribution is -2.08. The lowest BCUT2D eigenvalue weighted by atomic mass is 10.2. The number of nitrogens with one attached hydrogen (secondary N) is 1. The third kappa shape index (κ3) is 2.38. The first kappa shape index (κ1) is 10.8. The number of carbonyl (C=O) groups excluding carboxylic acids is 1. The number of nitrogens with two attached hydrogens (primary N) is 1. The lowest BCUT2D eigenvalue weighted by Gasteiger charge is -2.11. The number of nitrogen functional groups attached to an aromatic ring is 1. The van der Waals surface area contributed by atoms with Crippen LogP contribution in [0.15, 0.2) is 16.6 Å². The Morgan fingerprint density at radius 2 is 2.21 bits per heavy atom. The van der Waals surface area contributed by atoms with E-state index in [1.807, 2.05) is 0 Å². The molecular formula is C9H11BrN2O2. The Hall–Kier alpha value is -1.23. The van der Waals surface area contributed by atoms with E-state index in [9.17, 15) is 4.79 Å². The molecule has 1 aromatic carbocycles. The van der Waals surface area contributed by atoms with E-state index in [-0.39, 0.29) is 5.91 Å². The van der Waals surface area contributed by atoms with Gasteiger partial charge in [0.1, 0.15) is 5.75 Å². The number of halogens is 1. The van der Waals surface area contributed by atoms with Gasteiger partial charge in [-0.25, -0.2) is 0 Å². The highest BCUT2D eigenvalue weighted by Gasteiger charge is 2.09. The van der Waals surface area contributed by atoms with Crippen LogP contribution in [0.1, 0.15) is 6.92 Å². The molecule has 0 radical (unpaired) electrons. The summed E-state index contributed by atoms with van der Waals surface area (Å²) in [7, 11) is 1.52. The smallest absolute Gasteiger partial charge is 0.221 e. The van der Waals surface area contributed by atoms with Crippen molar-refractivity contribution in [3.8, 4) is 5.75 Å². The van der Waals surface area contributed by atoms with Crippen molar-refractivity contribution in [3.05, 3.63) is 16.6 Å². The summed E-state index contributed by atoms with van der Waals surface area (Å²) in [4.78, 5) is 10.9. The Morgan fingerprint density at radius 1 is 1.57 bits per heavy atom. The Labute approximate surface area is 90.6 Å². The van der Waals surface area contributed by atoms with Crippen LogP contribution in [0.3, 0.4) is 0 Å². The monoisotopic (exact) mass is 258 g/mol. The summed E-state index contributed by atoms with van der Waals surface area (Å²) in [5.74, 6) is 0.376. The number of hydrogen-bond donors (Lipinski definition) is 2. The van der Waals surface area contributed by atoms with Gasteiger partial charge < -0.3 is 15.8 Å². The molecule has 0 saturated heterocycles. The van der Waals surface area contributed by atoms with Crippen molar-refractivity contribution >= 4 is 33.2 Å². The van der Waals surface area contributed by atoms with E-state index in [1.165, 1.54) is 14.0 Å². The van der Waals surface area contributed by atoms with Crippen molar-refractivity contribution < 1.29 is 9.53 Å². The predicted molar refractivity (Wildman–Crippen MR) is 59.4 cm³/mol. The number of hydrogen-bond acceptors (Lipinski definition) is 3. The van der Waals surface area contributed by atoms with E-state index in [1.54, 1.807) is 12.1 Å². The van der Waals surface area contributed by atoms with Gasteiger partial charge in [0.25, 0.3) is 0 Å².